The molecule has 0 heterocycles. The molecule has 0 fully saturated rings. The highest BCUT2D eigenvalue weighted by atomic mass is 79.9. The van der Waals surface area contributed by atoms with Gasteiger partial charge in [0.25, 0.3) is 0 Å². The minimum Gasteiger partial charge on any atom is -0.481 e. The van der Waals surface area contributed by atoms with Gasteiger partial charge in [-0.3, -0.25) is 4.79 Å². The van der Waals surface area contributed by atoms with Crippen molar-refractivity contribution in [2.75, 3.05) is 0 Å². The standard InChI is InChI=1S/C18H29BrO2/c19-17-15-13-11-9-7-5-3-1-2-4-6-8-10-12-14-16-18(20)21/h15,17H,1-3,5,7-14,16H2,(H,20,21)/b17-15+. The van der Waals surface area contributed by atoms with Gasteiger partial charge in [0.05, 0.1) is 0 Å². The molecule has 0 unspecified atom stereocenters. The highest BCUT2D eigenvalue weighted by molar-refractivity contribution is 9.11. The zero-order valence-electron chi connectivity index (χ0n) is 13.1. The fourth-order valence-corrected chi connectivity index (χ4v) is 2.35. The van der Waals surface area contributed by atoms with Crippen molar-refractivity contribution in [3.05, 3.63) is 11.1 Å². The van der Waals surface area contributed by atoms with Crippen LogP contribution >= 0.6 is 15.9 Å². The van der Waals surface area contributed by atoms with Crippen LogP contribution in [0.25, 0.3) is 0 Å². The van der Waals surface area contributed by atoms with Crippen molar-refractivity contribution in [2.24, 2.45) is 0 Å². The summed E-state index contributed by atoms with van der Waals surface area (Å²) in [6.07, 6.45) is 16.2. The second-order valence-corrected chi connectivity index (χ2v) is 5.86. The second kappa shape index (κ2) is 17.3. The monoisotopic (exact) mass is 356 g/mol. The van der Waals surface area contributed by atoms with Crippen LogP contribution < -0.4 is 0 Å². The van der Waals surface area contributed by atoms with Gasteiger partial charge in [-0.25, -0.2) is 0 Å². The van der Waals surface area contributed by atoms with E-state index in [0.29, 0.717) is 6.42 Å². The van der Waals surface area contributed by atoms with Crippen molar-refractivity contribution in [3.8, 4) is 11.8 Å². The molecule has 0 spiro atoms. The summed E-state index contributed by atoms with van der Waals surface area (Å²) < 4.78 is 0. The van der Waals surface area contributed by atoms with Crippen LogP contribution in [0.4, 0.5) is 0 Å². The van der Waals surface area contributed by atoms with Crippen LogP contribution in [0.3, 0.4) is 0 Å². The van der Waals surface area contributed by atoms with Crippen molar-refractivity contribution >= 4 is 21.9 Å². The van der Waals surface area contributed by atoms with Crippen molar-refractivity contribution in [3.63, 3.8) is 0 Å². The number of carboxylic acids is 1. The Bertz CT molecular complexity index is 326. The lowest BCUT2D eigenvalue weighted by Crippen LogP contribution is -1.93. The second-order valence-electron chi connectivity index (χ2n) is 5.33. The van der Waals surface area contributed by atoms with Crippen molar-refractivity contribution in [1.82, 2.24) is 0 Å². The Morgan fingerprint density at radius 3 is 1.95 bits per heavy atom. The predicted molar refractivity (Wildman–Crippen MR) is 93.5 cm³/mol. The molecule has 0 amide bonds. The zero-order chi connectivity index (χ0) is 15.6. The van der Waals surface area contributed by atoms with Crippen LogP contribution in [0.2, 0.25) is 0 Å². The van der Waals surface area contributed by atoms with E-state index in [-0.39, 0.29) is 0 Å². The Kier molecular flexibility index (Phi) is 16.7. The van der Waals surface area contributed by atoms with E-state index >= 15 is 0 Å². The largest absolute Gasteiger partial charge is 0.481 e. The Balaban J connectivity index is 3.14. The van der Waals surface area contributed by atoms with Gasteiger partial charge in [0.15, 0.2) is 0 Å². The first-order chi connectivity index (χ1) is 10.3. The molecule has 3 heteroatoms. The van der Waals surface area contributed by atoms with Crippen LogP contribution in [-0.4, -0.2) is 11.1 Å². The fraction of sp³-hybridized carbons (Fsp3) is 0.722. The molecule has 0 bridgehead atoms. The number of rotatable bonds is 13. The summed E-state index contributed by atoms with van der Waals surface area (Å²) in [6, 6.07) is 0. The summed E-state index contributed by atoms with van der Waals surface area (Å²) in [6.45, 7) is 0. The first-order valence-electron chi connectivity index (χ1n) is 8.20. The number of halogens is 1. The lowest BCUT2D eigenvalue weighted by atomic mass is 10.1. The third-order valence-electron chi connectivity index (χ3n) is 3.33. The maximum absolute atomic E-state index is 10.3. The Labute approximate surface area is 138 Å². The van der Waals surface area contributed by atoms with E-state index in [0.717, 1.165) is 32.1 Å². The third kappa shape index (κ3) is 19.2. The molecule has 2 nitrogen and oxygen atoms in total. The minimum atomic E-state index is -0.694. The smallest absolute Gasteiger partial charge is 0.303 e. The van der Waals surface area contributed by atoms with Gasteiger partial charge in [-0.05, 0) is 37.1 Å². The van der Waals surface area contributed by atoms with Crippen LogP contribution in [-0.2, 0) is 4.79 Å². The number of hydrogen-bond acceptors (Lipinski definition) is 1. The molecule has 120 valence electrons. The van der Waals surface area contributed by atoms with E-state index in [1.165, 1.54) is 44.9 Å². The van der Waals surface area contributed by atoms with E-state index in [9.17, 15) is 4.79 Å². The van der Waals surface area contributed by atoms with Gasteiger partial charge in [0.2, 0.25) is 0 Å². The van der Waals surface area contributed by atoms with E-state index in [1.54, 1.807) is 0 Å². The quantitative estimate of drug-likeness (QED) is 0.322. The summed E-state index contributed by atoms with van der Waals surface area (Å²) in [5.74, 6) is 5.72. The van der Waals surface area contributed by atoms with Crippen molar-refractivity contribution in [2.45, 2.75) is 83.5 Å². The van der Waals surface area contributed by atoms with Gasteiger partial charge < -0.3 is 5.11 Å². The third-order valence-corrected chi connectivity index (χ3v) is 3.70. The molecule has 0 aromatic rings. The number of carboxylic acid groups (broad SMARTS) is 1. The number of allylic oxidation sites excluding steroid dienone is 1. The molecule has 1 N–H and O–H groups in total. The Morgan fingerprint density at radius 1 is 0.857 bits per heavy atom. The first kappa shape index (κ1) is 20.2. The highest BCUT2D eigenvalue weighted by Gasteiger charge is 1.95. The summed E-state index contributed by atoms with van der Waals surface area (Å²) in [4.78, 5) is 12.3. The average molecular weight is 357 g/mol. The van der Waals surface area contributed by atoms with Gasteiger partial charge in [-0.2, -0.15) is 0 Å². The molecule has 0 saturated heterocycles. The number of hydrogen-bond donors (Lipinski definition) is 1. The first-order valence-corrected chi connectivity index (χ1v) is 9.11. The van der Waals surface area contributed by atoms with Gasteiger partial charge >= 0.3 is 5.97 Å². The van der Waals surface area contributed by atoms with E-state index in [4.69, 9.17) is 5.11 Å². The summed E-state index contributed by atoms with van der Waals surface area (Å²) >= 11 is 3.28. The van der Waals surface area contributed by atoms with Gasteiger partial charge in [-0.15, -0.1) is 11.8 Å². The Hall–Kier alpha value is -0.750. The molecule has 0 atom stereocenters. The fourth-order valence-electron chi connectivity index (χ4n) is 2.09. The molecule has 0 aliphatic rings. The predicted octanol–water partition coefficient (Wildman–Crippen LogP) is 6.05. The SMILES string of the molecule is O=C(O)CCCCCC#CCCCCCCCC/C=C/Br. The highest BCUT2D eigenvalue weighted by Crippen LogP contribution is 2.09. The molecule has 0 aromatic heterocycles. The molecule has 0 aliphatic heterocycles. The Morgan fingerprint density at radius 2 is 1.38 bits per heavy atom. The molecule has 0 saturated carbocycles. The van der Waals surface area contributed by atoms with Gasteiger partial charge in [0, 0.05) is 19.3 Å². The van der Waals surface area contributed by atoms with Crippen LogP contribution in [0.15, 0.2) is 11.1 Å². The lowest BCUT2D eigenvalue weighted by molar-refractivity contribution is -0.137. The van der Waals surface area contributed by atoms with Crippen molar-refractivity contribution in [1.29, 1.82) is 0 Å². The summed E-state index contributed by atoms with van der Waals surface area (Å²) in [5, 5.41) is 8.50. The minimum absolute atomic E-state index is 0.291. The van der Waals surface area contributed by atoms with Crippen LogP contribution in [0.1, 0.15) is 83.5 Å². The number of carbonyl (C=O) groups is 1. The normalized spacial score (nSPS) is 10.5. The van der Waals surface area contributed by atoms with E-state index < -0.39 is 5.97 Å². The van der Waals surface area contributed by atoms with Crippen LogP contribution in [0, 0.1) is 11.8 Å². The average Bonchev–Trinajstić information content (AvgIpc) is 2.46. The summed E-state index contributed by atoms with van der Waals surface area (Å²) in [7, 11) is 0. The zero-order valence-corrected chi connectivity index (χ0v) is 14.7. The maximum Gasteiger partial charge on any atom is 0.303 e. The molecule has 21 heavy (non-hydrogen) atoms. The molecular formula is C18H29BrO2. The maximum atomic E-state index is 10.3. The number of unbranched alkanes of at least 4 members (excludes halogenated alkanes) is 10. The molecule has 0 radical (unpaired) electrons. The molecular weight excluding hydrogens is 328 g/mol. The van der Waals surface area contributed by atoms with Gasteiger partial charge in [0.1, 0.15) is 0 Å². The molecule has 0 rings (SSSR count). The van der Waals surface area contributed by atoms with Gasteiger partial charge in [-0.1, -0.05) is 54.1 Å². The van der Waals surface area contributed by atoms with E-state index in [2.05, 4.69) is 33.8 Å². The van der Waals surface area contributed by atoms with Crippen molar-refractivity contribution < 1.29 is 9.90 Å². The lowest BCUT2D eigenvalue weighted by Gasteiger charge is -1.98. The topological polar surface area (TPSA) is 37.3 Å². The molecule has 0 aromatic carbocycles. The van der Waals surface area contributed by atoms with E-state index in [1.807, 2.05) is 4.99 Å². The number of aliphatic carboxylic acids is 1. The molecule has 0 aliphatic carbocycles. The van der Waals surface area contributed by atoms with Crippen LogP contribution in [0.5, 0.6) is 0 Å². The summed E-state index contributed by atoms with van der Waals surface area (Å²) in [5.41, 5.74) is 0.